The molecular weight excluding hydrogens is 408 g/mol. The Hall–Kier alpha value is 0.0500. The van der Waals surface area contributed by atoms with Crippen LogP contribution in [0, 0.1) is 11.8 Å². The van der Waals surface area contributed by atoms with E-state index in [4.69, 9.17) is 5.73 Å². The molecule has 0 bridgehead atoms. The molecule has 1 aromatic carbocycles. The lowest BCUT2D eigenvalue weighted by molar-refractivity contribution is 0.203. The van der Waals surface area contributed by atoms with Crippen LogP contribution in [-0.2, 0) is 10.0 Å². The van der Waals surface area contributed by atoms with Crippen molar-refractivity contribution in [2.45, 2.75) is 18.2 Å². The van der Waals surface area contributed by atoms with Crippen molar-refractivity contribution in [1.29, 1.82) is 0 Å². The number of halogens is 2. The molecule has 20 heavy (non-hydrogen) atoms. The van der Waals surface area contributed by atoms with E-state index in [-0.39, 0.29) is 5.92 Å². The van der Waals surface area contributed by atoms with Crippen molar-refractivity contribution >= 4 is 41.9 Å². The van der Waals surface area contributed by atoms with Gasteiger partial charge in [0.2, 0.25) is 10.0 Å². The van der Waals surface area contributed by atoms with Gasteiger partial charge in [0.25, 0.3) is 0 Å². The maximum Gasteiger partial charge on any atom is 0.244 e. The Bertz CT molecular complexity index is 592. The summed E-state index contributed by atoms with van der Waals surface area (Å²) in [6.45, 7) is 3.72. The summed E-state index contributed by atoms with van der Waals surface area (Å²) in [6, 6.07) is 5.11. The van der Waals surface area contributed by atoms with Crippen molar-refractivity contribution in [1.82, 2.24) is 4.31 Å². The van der Waals surface area contributed by atoms with Gasteiger partial charge in [0, 0.05) is 22.0 Å². The Morgan fingerprint density at radius 1 is 1.40 bits per heavy atom. The minimum atomic E-state index is -3.47. The first kappa shape index (κ1) is 16.4. The second-order valence-electron chi connectivity index (χ2n) is 5.20. The molecule has 0 aliphatic carbocycles. The highest BCUT2D eigenvalue weighted by molar-refractivity contribution is 9.11. The van der Waals surface area contributed by atoms with Crippen LogP contribution in [0.5, 0.6) is 0 Å². The van der Waals surface area contributed by atoms with Gasteiger partial charge in [-0.15, -0.1) is 0 Å². The topological polar surface area (TPSA) is 63.4 Å². The van der Waals surface area contributed by atoms with Crippen LogP contribution >= 0.6 is 31.9 Å². The van der Waals surface area contributed by atoms with E-state index in [1.165, 1.54) is 0 Å². The van der Waals surface area contributed by atoms with E-state index in [0.29, 0.717) is 34.9 Å². The molecule has 2 unspecified atom stereocenters. The summed E-state index contributed by atoms with van der Waals surface area (Å²) in [5, 5.41) is 0. The van der Waals surface area contributed by atoms with Gasteiger partial charge in [-0.2, -0.15) is 4.31 Å². The molecule has 1 aromatic rings. The number of sulfonamides is 1. The first-order valence-electron chi connectivity index (χ1n) is 6.51. The van der Waals surface area contributed by atoms with Gasteiger partial charge in [-0.05, 0) is 58.9 Å². The lowest BCUT2D eigenvalue weighted by Gasteiger charge is -2.35. The SMILES string of the molecule is CC1CCN(S(=O)(=O)c2ccc(Br)cc2Br)CC1CN. The number of nitrogens with zero attached hydrogens (tertiary/aromatic N) is 1. The summed E-state index contributed by atoms with van der Waals surface area (Å²) in [4.78, 5) is 0.311. The summed E-state index contributed by atoms with van der Waals surface area (Å²) in [7, 11) is -3.47. The van der Waals surface area contributed by atoms with Crippen LogP contribution in [0.15, 0.2) is 32.0 Å². The van der Waals surface area contributed by atoms with Crippen LogP contribution < -0.4 is 5.73 Å². The van der Waals surface area contributed by atoms with E-state index in [0.717, 1.165) is 10.9 Å². The first-order chi connectivity index (χ1) is 9.36. The monoisotopic (exact) mass is 424 g/mol. The molecule has 0 saturated carbocycles. The Kier molecular flexibility index (Phi) is 5.29. The molecule has 0 amide bonds. The highest BCUT2D eigenvalue weighted by Gasteiger charge is 2.33. The van der Waals surface area contributed by atoms with E-state index in [1.54, 1.807) is 22.5 Å². The van der Waals surface area contributed by atoms with E-state index in [9.17, 15) is 8.42 Å². The molecule has 4 nitrogen and oxygen atoms in total. The van der Waals surface area contributed by atoms with E-state index >= 15 is 0 Å². The van der Waals surface area contributed by atoms with Crippen molar-refractivity contribution in [3.8, 4) is 0 Å². The van der Waals surface area contributed by atoms with E-state index < -0.39 is 10.0 Å². The standard InChI is InChI=1S/C13H18Br2N2O2S/c1-9-4-5-17(8-10(9)7-16)20(18,19)13-3-2-11(14)6-12(13)15/h2-3,6,9-10H,4-5,7-8,16H2,1H3. The number of piperidine rings is 1. The molecule has 7 heteroatoms. The molecule has 112 valence electrons. The molecule has 1 aliphatic rings. The third-order valence-electron chi connectivity index (χ3n) is 3.89. The molecule has 0 radical (unpaired) electrons. The predicted molar refractivity (Wildman–Crippen MR) is 86.9 cm³/mol. The average Bonchev–Trinajstić information content (AvgIpc) is 2.38. The first-order valence-corrected chi connectivity index (χ1v) is 9.54. The second kappa shape index (κ2) is 6.44. The zero-order valence-electron chi connectivity index (χ0n) is 11.2. The minimum Gasteiger partial charge on any atom is -0.330 e. The molecule has 2 atom stereocenters. The Balaban J connectivity index is 2.31. The number of rotatable bonds is 3. The molecule has 0 spiro atoms. The van der Waals surface area contributed by atoms with Crippen LogP contribution in [0.1, 0.15) is 13.3 Å². The molecule has 1 fully saturated rings. The highest BCUT2D eigenvalue weighted by atomic mass is 79.9. The number of hydrogen-bond donors (Lipinski definition) is 1. The molecule has 1 heterocycles. The molecule has 1 aliphatic heterocycles. The Morgan fingerprint density at radius 2 is 2.10 bits per heavy atom. The van der Waals surface area contributed by atoms with Gasteiger partial charge in [0.15, 0.2) is 0 Å². The van der Waals surface area contributed by atoms with Crippen LogP contribution in [0.3, 0.4) is 0 Å². The number of benzene rings is 1. The van der Waals surface area contributed by atoms with Gasteiger partial charge in [0.05, 0.1) is 4.90 Å². The van der Waals surface area contributed by atoms with Crippen molar-refractivity contribution in [2.24, 2.45) is 17.6 Å². The van der Waals surface area contributed by atoms with Gasteiger partial charge in [-0.3, -0.25) is 0 Å². The fourth-order valence-electron chi connectivity index (χ4n) is 2.46. The zero-order valence-corrected chi connectivity index (χ0v) is 15.2. The summed E-state index contributed by atoms with van der Waals surface area (Å²) >= 11 is 6.67. The fraction of sp³-hybridized carbons (Fsp3) is 0.538. The smallest absolute Gasteiger partial charge is 0.244 e. The molecular formula is C13H18Br2N2O2S. The molecule has 2 rings (SSSR count). The molecule has 0 aromatic heterocycles. The van der Waals surface area contributed by atoms with Crippen LogP contribution in [0.25, 0.3) is 0 Å². The van der Waals surface area contributed by atoms with Crippen molar-refractivity contribution in [3.63, 3.8) is 0 Å². The number of hydrogen-bond acceptors (Lipinski definition) is 3. The Morgan fingerprint density at radius 3 is 2.70 bits per heavy atom. The van der Waals surface area contributed by atoms with Gasteiger partial charge in [-0.1, -0.05) is 22.9 Å². The van der Waals surface area contributed by atoms with Crippen molar-refractivity contribution < 1.29 is 8.42 Å². The van der Waals surface area contributed by atoms with E-state index in [1.807, 2.05) is 0 Å². The van der Waals surface area contributed by atoms with Crippen LogP contribution in [-0.4, -0.2) is 32.4 Å². The quantitative estimate of drug-likeness (QED) is 0.809. The highest BCUT2D eigenvalue weighted by Crippen LogP contribution is 2.31. The maximum absolute atomic E-state index is 12.7. The predicted octanol–water partition coefficient (Wildman–Crippen LogP) is 2.82. The average molecular weight is 426 g/mol. The third-order valence-corrected chi connectivity index (χ3v) is 7.23. The fourth-order valence-corrected chi connectivity index (χ4v) is 5.68. The van der Waals surface area contributed by atoms with Gasteiger partial charge in [0.1, 0.15) is 0 Å². The van der Waals surface area contributed by atoms with Crippen molar-refractivity contribution in [3.05, 3.63) is 27.1 Å². The Labute approximate surface area is 137 Å². The van der Waals surface area contributed by atoms with E-state index in [2.05, 4.69) is 38.8 Å². The minimum absolute atomic E-state index is 0.229. The molecule has 2 N–H and O–H groups in total. The maximum atomic E-state index is 12.7. The zero-order chi connectivity index (χ0) is 14.9. The number of nitrogens with two attached hydrogens (primary N) is 1. The summed E-state index contributed by atoms with van der Waals surface area (Å²) in [6.07, 6.45) is 0.856. The largest absolute Gasteiger partial charge is 0.330 e. The van der Waals surface area contributed by atoms with Crippen LogP contribution in [0.2, 0.25) is 0 Å². The lowest BCUT2D eigenvalue weighted by atomic mass is 9.88. The van der Waals surface area contributed by atoms with Crippen molar-refractivity contribution in [2.75, 3.05) is 19.6 Å². The molecule has 1 saturated heterocycles. The summed E-state index contributed by atoms with van der Waals surface area (Å²) in [5.41, 5.74) is 5.75. The normalized spacial score (nSPS) is 24.8. The van der Waals surface area contributed by atoms with Crippen LogP contribution in [0.4, 0.5) is 0 Å². The third kappa shape index (κ3) is 3.27. The summed E-state index contributed by atoms with van der Waals surface area (Å²) < 4.78 is 28.4. The summed E-state index contributed by atoms with van der Waals surface area (Å²) in [5.74, 6) is 0.701. The van der Waals surface area contributed by atoms with Gasteiger partial charge in [-0.25, -0.2) is 8.42 Å². The lowest BCUT2D eigenvalue weighted by Crippen LogP contribution is -2.45. The van der Waals surface area contributed by atoms with Gasteiger partial charge < -0.3 is 5.73 Å². The van der Waals surface area contributed by atoms with Gasteiger partial charge >= 0.3 is 0 Å². The second-order valence-corrected chi connectivity index (χ2v) is 8.88.